The van der Waals surface area contributed by atoms with Gasteiger partial charge in [0.2, 0.25) is 10.0 Å². The predicted octanol–water partition coefficient (Wildman–Crippen LogP) is -0.0291. The van der Waals surface area contributed by atoms with E-state index in [1.54, 1.807) is 0 Å². The first-order valence-corrected chi connectivity index (χ1v) is 6.70. The Morgan fingerprint density at radius 2 is 2.24 bits per heavy atom. The van der Waals surface area contributed by atoms with E-state index in [0.717, 1.165) is 0 Å². The molecule has 0 aliphatic carbocycles. The Hall–Kier alpha value is -1.12. The molecule has 0 aliphatic rings. The average molecular weight is 262 g/mol. The number of rotatable bonds is 6. The van der Waals surface area contributed by atoms with Crippen molar-refractivity contribution >= 4 is 15.8 Å². The summed E-state index contributed by atoms with van der Waals surface area (Å²) in [4.78, 5) is 0.00213. The van der Waals surface area contributed by atoms with Crippen LogP contribution < -0.4 is 10.5 Å². The SMILES string of the molecule is COCCNS(=O)(=O)c1cnn(C(C)C)c1N. The summed E-state index contributed by atoms with van der Waals surface area (Å²) >= 11 is 0. The molecule has 7 nitrogen and oxygen atoms in total. The first-order chi connectivity index (χ1) is 7.90. The molecule has 0 radical (unpaired) electrons. The van der Waals surface area contributed by atoms with Gasteiger partial charge in [-0.25, -0.2) is 17.8 Å². The molecule has 0 fully saturated rings. The van der Waals surface area contributed by atoms with Crippen molar-refractivity contribution in [2.24, 2.45) is 0 Å². The zero-order valence-corrected chi connectivity index (χ0v) is 11.0. The summed E-state index contributed by atoms with van der Waals surface area (Å²) in [5.74, 6) is 0.143. The van der Waals surface area contributed by atoms with E-state index in [1.165, 1.54) is 18.0 Å². The summed E-state index contributed by atoms with van der Waals surface area (Å²) in [6, 6.07) is 0.0120. The van der Waals surface area contributed by atoms with Crippen molar-refractivity contribution in [2.75, 3.05) is 26.0 Å². The van der Waals surface area contributed by atoms with Crippen LogP contribution in [0.3, 0.4) is 0 Å². The van der Waals surface area contributed by atoms with Crippen molar-refractivity contribution in [1.29, 1.82) is 0 Å². The number of hydrogen-bond donors (Lipinski definition) is 2. The smallest absolute Gasteiger partial charge is 0.245 e. The summed E-state index contributed by atoms with van der Waals surface area (Å²) < 4.78 is 32.3. The molecule has 1 heterocycles. The fourth-order valence-corrected chi connectivity index (χ4v) is 2.39. The van der Waals surface area contributed by atoms with Crippen LogP contribution in [0.5, 0.6) is 0 Å². The molecule has 0 atom stereocenters. The molecule has 0 aliphatic heterocycles. The van der Waals surface area contributed by atoms with Crippen molar-refractivity contribution in [2.45, 2.75) is 24.8 Å². The van der Waals surface area contributed by atoms with Crippen LogP contribution in [0.25, 0.3) is 0 Å². The second kappa shape index (κ2) is 5.48. The van der Waals surface area contributed by atoms with E-state index in [9.17, 15) is 8.42 Å². The van der Waals surface area contributed by atoms with Crippen LogP contribution in [0.4, 0.5) is 5.82 Å². The van der Waals surface area contributed by atoms with Gasteiger partial charge in [-0.15, -0.1) is 0 Å². The van der Waals surface area contributed by atoms with E-state index in [0.29, 0.717) is 6.61 Å². The molecule has 0 bridgehead atoms. The number of nitrogens with zero attached hydrogens (tertiary/aromatic N) is 2. The largest absolute Gasteiger partial charge is 0.383 e. The summed E-state index contributed by atoms with van der Waals surface area (Å²) in [5, 5.41) is 3.95. The lowest BCUT2D eigenvalue weighted by molar-refractivity contribution is 0.204. The highest BCUT2D eigenvalue weighted by atomic mass is 32.2. The standard InChI is InChI=1S/C9H18N4O3S/c1-7(2)13-9(10)8(6-11-13)17(14,15)12-4-5-16-3/h6-7,12H,4-5,10H2,1-3H3. The number of nitrogens with two attached hydrogens (primary N) is 1. The maximum absolute atomic E-state index is 11.9. The second-order valence-corrected chi connectivity index (χ2v) is 5.56. The van der Waals surface area contributed by atoms with Gasteiger partial charge in [-0.1, -0.05) is 0 Å². The van der Waals surface area contributed by atoms with Crippen molar-refractivity contribution in [3.8, 4) is 0 Å². The molecule has 0 saturated heterocycles. The third-order valence-electron chi connectivity index (χ3n) is 2.18. The molecular weight excluding hydrogens is 244 g/mol. The van der Waals surface area contributed by atoms with E-state index in [1.807, 2.05) is 13.8 Å². The number of sulfonamides is 1. The molecule has 1 aromatic heterocycles. The highest BCUT2D eigenvalue weighted by Crippen LogP contribution is 2.20. The summed E-state index contributed by atoms with van der Waals surface area (Å²) in [6.07, 6.45) is 1.25. The van der Waals surface area contributed by atoms with Crippen molar-refractivity contribution in [3.63, 3.8) is 0 Å². The Labute approximate surface area is 101 Å². The maximum Gasteiger partial charge on any atom is 0.245 e. The number of nitrogen functional groups attached to an aromatic ring is 1. The number of nitrogens with one attached hydrogen (secondary N) is 1. The molecule has 8 heteroatoms. The van der Waals surface area contributed by atoms with E-state index in [2.05, 4.69) is 9.82 Å². The van der Waals surface area contributed by atoms with E-state index < -0.39 is 10.0 Å². The van der Waals surface area contributed by atoms with Gasteiger partial charge in [-0.2, -0.15) is 5.10 Å². The number of anilines is 1. The predicted molar refractivity (Wildman–Crippen MR) is 64.1 cm³/mol. The molecule has 98 valence electrons. The summed E-state index contributed by atoms with van der Waals surface area (Å²) in [7, 11) is -2.11. The van der Waals surface area contributed by atoms with E-state index in [-0.39, 0.29) is 23.3 Å². The molecule has 17 heavy (non-hydrogen) atoms. The lowest BCUT2D eigenvalue weighted by atomic mass is 10.4. The second-order valence-electron chi connectivity index (χ2n) is 3.82. The fourth-order valence-electron chi connectivity index (χ4n) is 1.33. The first kappa shape index (κ1) is 13.9. The Morgan fingerprint density at radius 1 is 1.59 bits per heavy atom. The molecule has 3 N–H and O–H groups in total. The average Bonchev–Trinajstić information content (AvgIpc) is 2.61. The summed E-state index contributed by atoms with van der Waals surface area (Å²) in [5.41, 5.74) is 5.74. The first-order valence-electron chi connectivity index (χ1n) is 5.21. The lowest BCUT2D eigenvalue weighted by Gasteiger charge is -2.09. The van der Waals surface area contributed by atoms with Crippen LogP contribution >= 0.6 is 0 Å². The number of aromatic nitrogens is 2. The van der Waals surface area contributed by atoms with Gasteiger partial charge >= 0.3 is 0 Å². The fraction of sp³-hybridized carbons (Fsp3) is 0.667. The van der Waals surface area contributed by atoms with Crippen LogP contribution in [-0.2, 0) is 14.8 Å². The van der Waals surface area contributed by atoms with Gasteiger partial charge in [0.25, 0.3) is 0 Å². The molecular formula is C9H18N4O3S. The van der Waals surface area contributed by atoms with Gasteiger partial charge in [0.1, 0.15) is 10.7 Å². The van der Waals surface area contributed by atoms with Gasteiger partial charge in [-0.05, 0) is 13.8 Å². The van der Waals surface area contributed by atoms with Crippen LogP contribution in [-0.4, -0.2) is 38.5 Å². The molecule has 0 aromatic carbocycles. The van der Waals surface area contributed by atoms with Crippen molar-refractivity contribution < 1.29 is 13.2 Å². The van der Waals surface area contributed by atoms with Gasteiger partial charge in [0.05, 0.1) is 12.8 Å². The topological polar surface area (TPSA) is 99.2 Å². The number of ether oxygens (including phenoxy) is 1. The van der Waals surface area contributed by atoms with Crippen LogP contribution in [0.2, 0.25) is 0 Å². The molecule has 1 rings (SSSR count). The minimum atomic E-state index is -3.61. The van der Waals surface area contributed by atoms with Crippen molar-refractivity contribution in [1.82, 2.24) is 14.5 Å². The van der Waals surface area contributed by atoms with E-state index >= 15 is 0 Å². The Bertz CT molecular complexity index is 467. The molecule has 0 amide bonds. The van der Waals surface area contributed by atoms with Crippen molar-refractivity contribution in [3.05, 3.63) is 6.20 Å². The zero-order chi connectivity index (χ0) is 13.1. The molecule has 0 saturated carbocycles. The Balaban J connectivity index is 2.92. The van der Waals surface area contributed by atoms with Crippen LogP contribution in [0.15, 0.2) is 11.1 Å². The quantitative estimate of drug-likeness (QED) is 0.701. The molecule has 1 aromatic rings. The third-order valence-corrected chi connectivity index (χ3v) is 3.65. The summed E-state index contributed by atoms with van der Waals surface area (Å²) in [6.45, 7) is 4.25. The Morgan fingerprint density at radius 3 is 2.71 bits per heavy atom. The van der Waals surface area contributed by atoms with E-state index in [4.69, 9.17) is 10.5 Å². The lowest BCUT2D eigenvalue weighted by Crippen LogP contribution is -2.27. The van der Waals surface area contributed by atoms with Crippen LogP contribution in [0, 0.1) is 0 Å². The normalized spacial score (nSPS) is 12.2. The van der Waals surface area contributed by atoms with Gasteiger partial charge < -0.3 is 10.5 Å². The minimum absolute atomic E-state index is 0.00213. The van der Waals surface area contributed by atoms with Crippen LogP contribution in [0.1, 0.15) is 19.9 Å². The molecule has 0 spiro atoms. The number of hydrogen-bond acceptors (Lipinski definition) is 5. The van der Waals surface area contributed by atoms with Gasteiger partial charge in [0, 0.05) is 19.7 Å². The highest BCUT2D eigenvalue weighted by molar-refractivity contribution is 7.89. The highest BCUT2D eigenvalue weighted by Gasteiger charge is 2.21. The number of methoxy groups -OCH3 is 1. The Kier molecular flexibility index (Phi) is 4.49. The zero-order valence-electron chi connectivity index (χ0n) is 10.2. The molecule has 0 unspecified atom stereocenters. The monoisotopic (exact) mass is 262 g/mol. The van der Waals surface area contributed by atoms with Gasteiger partial charge in [-0.3, -0.25) is 0 Å². The third kappa shape index (κ3) is 3.18. The minimum Gasteiger partial charge on any atom is -0.383 e. The maximum atomic E-state index is 11.9. The van der Waals surface area contributed by atoms with Gasteiger partial charge in [0.15, 0.2) is 0 Å².